The minimum atomic E-state index is -5.34. The molecule has 17 heteroatoms. The normalized spacial score (nSPS) is 13.5. The number of rotatable bonds is 26. The van der Waals surface area contributed by atoms with E-state index in [2.05, 4.69) is 22.5 Å². The molecule has 2 amide bonds. The highest BCUT2D eigenvalue weighted by Crippen LogP contribution is 2.29. The Kier molecular flexibility index (Phi) is 18.3. The fourth-order valence-corrected chi connectivity index (χ4v) is 6.12. The van der Waals surface area contributed by atoms with Crippen LogP contribution in [-0.2, 0) is 38.4 Å². The number of amides is 2. The summed E-state index contributed by atoms with van der Waals surface area (Å²) in [5, 5.41) is 37.9. The highest BCUT2D eigenvalue weighted by Gasteiger charge is 2.44. The largest absolute Gasteiger partial charge is 0.481 e. The number of carboxylic acids is 3. The van der Waals surface area contributed by atoms with Gasteiger partial charge in [-0.1, -0.05) is 62.4 Å². The van der Waals surface area contributed by atoms with E-state index < -0.39 is 116 Å². The van der Waals surface area contributed by atoms with Crippen LogP contribution in [0.15, 0.2) is 54.6 Å². The zero-order valence-electron chi connectivity index (χ0n) is 31.2. The lowest BCUT2D eigenvalue weighted by Gasteiger charge is -2.29. The molecule has 2 aromatic carbocycles. The van der Waals surface area contributed by atoms with Gasteiger partial charge in [0.1, 0.15) is 5.78 Å². The van der Waals surface area contributed by atoms with Gasteiger partial charge >= 0.3 is 24.1 Å². The molecular formula is C39H48F3N3O11. The zero-order valence-corrected chi connectivity index (χ0v) is 31.2. The maximum absolute atomic E-state index is 13.5. The van der Waals surface area contributed by atoms with E-state index >= 15 is 0 Å². The first-order chi connectivity index (χ1) is 26.2. The molecule has 0 bridgehead atoms. The van der Waals surface area contributed by atoms with Crippen LogP contribution in [-0.4, -0.2) is 87.2 Å². The van der Waals surface area contributed by atoms with Crippen LogP contribution in [0.3, 0.4) is 0 Å². The minimum Gasteiger partial charge on any atom is -0.481 e. The lowest BCUT2D eigenvalue weighted by Crippen LogP contribution is -2.46. The lowest BCUT2D eigenvalue weighted by molar-refractivity contribution is -0.176. The second kappa shape index (κ2) is 22.1. The first-order valence-electron chi connectivity index (χ1n) is 18.0. The molecule has 14 nitrogen and oxygen atoms in total. The smallest absolute Gasteiger partial charge is 0.450 e. The van der Waals surface area contributed by atoms with Gasteiger partial charge in [-0.2, -0.15) is 13.2 Å². The van der Waals surface area contributed by atoms with E-state index in [1.54, 1.807) is 0 Å². The summed E-state index contributed by atoms with van der Waals surface area (Å²) in [6, 6.07) is 10.8. The van der Waals surface area contributed by atoms with Crippen molar-refractivity contribution in [3.05, 3.63) is 54.6 Å². The molecule has 0 aliphatic carbocycles. The standard InChI is InChI=1S/C39H48F3N3O11/c1-22(2)36(23(3)18-26(20-34(51)52)37(55)39(40,41)42)45-38(56)25(13-16-33(49)50)19-31(47)30(21-35(53)54)44-32(48)15-14-27(46)10-7-17-43-29-12-6-9-24-8-4-5-11-28(24)29/h4-6,8-9,11-12,22,25-26,30,36,43H,3,7,10,13-21H2,1-2H3,(H,44,48)(H,45,56)(H,49,50)(H,51,52)(H,53,54)/t25?,26?,30?,36-/m1/s1. The average molecular weight is 792 g/mol. The number of nitrogens with one attached hydrogen (secondary N) is 3. The van der Waals surface area contributed by atoms with Crippen molar-refractivity contribution < 1.29 is 66.8 Å². The number of ketones is 3. The molecule has 0 aliphatic heterocycles. The zero-order chi connectivity index (χ0) is 42.2. The fraction of sp³-hybridized carbons (Fsp3) is 0.487. The Balaban J connectivity index is 2.05. The molecule has 0 radical (unpaired) electrons. The highest BCUT2D eigenvalue weighted by molar-refractivity contribution is 5.96. The lowest BCUT2D eigenvalue weighted by atomic mass is 9.85. The van der Waals surface area contributed by atoms with Crippen LogP contribution < -0.4 is 16.0 Å². The molecule has 4 atom stereocenters. The first-order valence-corrected chi connectivity index (χ1v) is 18.0. The van der Waals surface area contributed by atoms with Crippen molar-refractivity contribution in [1.82, 2.24) is 10.6 Å². The maximum Gasteiger partial charge on any atom is 0.450 e. The maximum atomic E-state index is 13.5. The van der Waals surface area contributed by atoms with Crippen molar-refractivity contribution in [3.63, 3.8) is 0 Å². The number of fused-ring (bicyclic) bond motifs is 1. The number of Topliss-reactive ketones (excluding diaryl/α,β-unsaturated/α-hetero) is 3. The molecule has 0 spiro atoms. The Hall–Kier alpha value is -5.61. The Morgan fingerprint density at radius 2 is 1.38 bits per heavy atom. The Bertz CT molecular complexity index is 1770. The highest BCUT2D eigenvalue weighted by atomic mass is 19.4. The van der Waals surface area contributed by atoms with Gasteiger partial charge in [0.25, 0.3) is 0 Å². The fourth-order valence-electron chi connectivity index (χ4n) is 6.12. The van der Waals surface area contributed by atoms with Crippen molar-refractivity contribution >= 4 is 63.5 Å². The molecular weight excluding hydrogens is 743 g/mol. The van der Waals surface area contributed by atoms with E-state index in [0.29, 0.717) is 13.0 Å². The van der Waals surface area contributed by atoms with E-state index in [1.807, 2.05) is 42.5 Å². The summed E-state index contributed by atoms with van der Waals surface area (Å²) in [7, 11) is 0. The molecule has 0 saturated carbocycles. The number of hydrogen-bond donors (Lipinski definition) is 6. The Morgan fingerprint density at radius 3 is 1.98 bits per heavy atom. The number of anilines is 1. The Labute approximate surface area is 321 Å². The predicted molar refractivity (Wildman–Crippen MR) is 197 cm³/mol. The van der Waals surface area contributed by atoms with Crippen molar-refractivity contribution in [2.45, 2.75) is 96.3 Å². The van der Waals surface area contributed by atoms with Crippen LogP contribution in [0, 0.1) is 17.8 Å². The van der Waals surface area contributed by atoms with Crippen molar-refractivity contribution in [3.8, 4) is 0 Å². The number of benzene rings is 2. The van der Waals surface area contributed by atoms with Gasteiger partial charge in [-0.15, -0.1) is 0 Å². The molecule has 0 fully saturated rings. The van der Waals surface area contributed by atoms with E-state index in [9.17, 15) is 61.7 Å². The number of alkyl halides is 3. The van der Waals surface area contributed by atoms with Crippen molar-refractivity contribution in [1.29, 1.82) is 0 Å². The van der Waals surface area contributed by atoms with Gasteiger partial charge in [-0.25, -0.2) is 0 Å². The third-order valence-electron chi connectivity index (χ3n) is 8.98. The number of aliphatic carboxylic acids is 3. The molecule has 0 saturated heterocycles. The molecule has 0 aliphatic rings. The quantitative estimate of drug-likeness (QED) is 0.0540. The summed E-state index contributed by atoms with van der Waals surface area (Å²) >= 11 is 0. The molecule has 2 aromatic rings. The SMILES string of the molecule is C=C(CC(CC(=O)O)C(=O)C(F)(F)F)[C@H](NC(=O)C(CCC(=O)O)CC(=O)C(CC(=O)O)NC(=O)CCC(=O)CCCNc1cccc2ccccc12)C(C)C. The predicted octanol–water partition coefficient (Wildman–Crippen LogP) is 5.09. The van der Waals surface area contributed by atoms with Crippen LogP contribution in [0.1, 0.15) is 78.1 Å². The topological polar surface area (TPSA) is 233 Å². The van der Waals surface area contributed by atoms with Gasteiger partial charge < -0.3 is 31.3 Å². The van der Waals surface area contributed by atoms with E-state index in [0.717, 1.165) is 16.5 Å². The van der Waals surface area contributed by atoms with Gasteiger partial charge in [-0.05, 0) is 36.6 Å². The number of carbonyl (C=O) groups is 8. The van der Waals surface area contributed by atoms with Gasteiger partial charge in [0.15, 0.2) is 5.78 Å². The minimum absolute atomic E-state index is 0.132. The van der Waals surface area contributed by atoms with E-state index in [4.69, 9.17) is 5.11 Å². The third kappa shape index (κ3) is 16.0. The van der Waals surface area contributed by atoms with Crippen molar-refractivity contribution in [2.75, 3.05) is 11.9 Å². The van der Waals surface area contributed by atoms with Crippen LogP contribution in [0.4, 0.5) is 18.9 Å². The third-order valence-corrected chi connectivity index (χ3v) is 8.98. The van der Waals surface area contributed by atoms with Crippen LogP contribution in [0.25, 0.3) is 10.8 Å². The second-order valence-electron chi connectivity index (χ2n) is 13.9. The van der Waals surface area contributed by atoms with Crippen LogP contribution in [0.2, 0.25) is 0 Å². The molecule has 3 unspecified atom stereocenters. The summed E-state index contributed by atoms with van der Waals surface area (Å²) in [5.41, 5.74) is 0.771. The second-order valence-corrected chi connectivity index (χ2v) is 13.9. The first kappa shape index (κ1) is 46.5. The molecule has 0 heterocycles. The van der Waals surface area contributed by atoms with Crippen LogP contribution >= 0.6 is 0 Å². The Morgan fingerprint density at radius 1 is 0.732 bits per heavy atom. The van der Waals surface area contributed by atoms with Crippen molar-refractivity contribution in [2.24, 2.45) is 17.8 Å². The van der Waals surface area contributed by atoms with Gasteiger partial charge in [-0.3, -0.25) is 38.4 Å². The molecule has 2 rings (SSSR count). The monoisotopic (exact) mass is 791 g/mol. The van der Waals surface area contributed by atoms with E-state index in [1.165, 1.54) is 13.8 Å². The van der Waals surface area contributed by atoms with Gasteiger partial charge in [0.2, 0.25) is 17.6 Å². The number of carboxylic acid groups (broad SMARTS) is 3. The molecule has 306 valence electrons. The summed E-state index contributed by atoms with van der Waals surface area (Å²) in [4.78, 5) is 98.3. The summed E-state index contributed by atoms with van der Waals surface area (Å²) in [5.74, 6) is -13.8. The van der Waals surface area contributed by atoms with Gasteiger partial charge in [0, 0.05) is 61.6 Å². The molecule has 56 heavy (non-hydrogen) atoms. The summed E-state index contributed by atoms with van der Waals surface area (Å²) < 4.78 is 39.6. The number of hydrogen-bond acceptors (Lipinski definition) is 9. The molecule has 0 aromatic heterocycles. The number of halogens is 3. The summed E-state index contributed by atoms with van der Waals surface area (Å²) in [6.07, 6.45) is -9.90. The van der Waals surface area contributed by atoms with E-state index in [-0.39, 0.29) is 30.6 Å². The number of carbonyl (C=O) groups excluding carboxylic acids is 5. The molecule has 6 N–H and O–H groups in total. The van der Waals surface area contributed by atoms with Gasteiger partial charge in [0.05, 0.1) is 24.9 Å². The average Bonchev–Trinajstić information content (AvgIpc) is 3.11. The van der Waals surface area contributed by atoms with Crippen LogP contribution in [0.5, 0.6) is 0 Å². The summed E-state index contributed by atoms with van der Waals surface area (Å²) in [6.45, 7) is 7.23.